The third kappa shape index (κ3) is 4.70. The first kappa shape index (κ1) is 17.7. The molecule has 126 valence electrons. The van der Waals surface area contributed by atoms with Crippen molar-refractivity contribution in [3.63, 3.8) is 0 Å². The Morgan fingerprint density at radius 3 is 2.71 bits per heavy atom. The highest BCUT2D eigenvalue weighted by Crippen LogP contribution is 2.27. The predicted octanol–water partition coefficient (Wildman–Crippen LogP) is 4.39. The molecule has 0 radical (unpaired) electrons. The zero-order chi connectivity index (χ0) is 17.7. The van der Waals surface area contributed by atoms with Gasteiger partial charge in [-0.3, -0.25) is 14.9 Å². The lowest BCUT2D eigenvalue weighted by Crippen LogP contribution is -2.20. The highest BCUT2D eigenvalue weighted by atomic mass is 35.5. The Kier molecular flexibility index (Phi) is 5.76. The van der Waals surface area contributed by atoms with E-state index in [1.54, 1.807) is 6.07 Å². The number of benzene rings is 2. The molecule has 7 heteroatoms. The molecule has 6 nitrogen and oxygen atoms in total. The van der Waals surface area contributed by atoms with Crippen LogP contribution in [0.2, 0.25) is 5.02 Å². The Bertz CT molecular complexity index is 762. The summed E-state index contributed by atoms with van der Waals surface area (Å²) in [6.45, 7) is 3.94. The quantitative estimate of drug-likeness (QED) is 0.620. The summed E-state index contributed by atoms with van der Waals surface area (Å²) in [6.07, 6.45) is 0. The summed E-state index contributed by atoms with van der Waals surface area (Å²) in [6, 6.07) is 11.6. The molecule has 0 aromatic heterocycles. The molecule has 0 bridgehead atoms. The Labute approximate surface area is 144 Å². The third-order valence-electron chi connectivity index (χ3n) is 3.32. The van der Waals surface area contributed by atoms with Crippen LogP contribution in [0.3, 0.4) is 0 Å². The van der Waals surface area contributed by atoms with Crippen LogP contribution >= 0.6 is 11.6 Å². The van der Waals surface area contributed by atoms with Gasteiger partial charge in [-0.1, -0.05) is 37.6 Å². The lowest BCUT2D eigenvalue weighted by Gasteiger charge is -2.10. The number of halogens is 1. The SMILES string of the molecule is CC(C)c1cccc(OCC(=O)Nc2ccc(Cl)c([N+](=O)[O-])c2)c1. The molecular weight excluding hydrogens is 332 g/mol. The van der Waals surface area contributed by atoms with E-state index in [1.165, 1.54) is 18.2 Å². The van der Waals surface area contributed by atoms with Gasteiger partial charge >= 0.3 is 0 Å². The first-order valence-electron chi connectivity index (χ1n) is 7.33. The Morgan fingerprint density at radius 2 is 2.04 bits per heavy atom. The smallest absolute Gasteiger partial charge is 0.289 e. The molecule has 0 aliphatic rings. The molecule has 1 amide bonds. The van der Waals surface area contributed by atoms with Crippen molar-refractivity contribution < 1.29 is 14.5 Å². The van der Waals surface area contributed by atoms with E-state index in [9.17, 15) is 14.9 Å². The average Bonchev–Trinajstić information content (AvgIpc) is 2.54. The number of rotatable bonds is 6. The summed E-state index contributed by atoms with van der Waals surface area (Å²) >= 11 is 5.73. The molecular formula is C17H17ClN2O4. The van der Waals surface area contributed by atoms with Gasteiger partial charge in [-0.05, 0) is 35.7 Å². The van der Waals surface area contributed by atoms with Crippen molar-refractivity contribution in [3.8, 4) is 5.75 Å². The van der Waals surface area contributed by atoms with Crippen molar-refractivity contribution in [1.82, 2.24) is 0 Å². The van der Waals surface area contributed by atoms with E-state index in [-0.39, 0.29) is 23.0 Å². The van der Waals surface area contributed by atoms with Crippen molar-refractivity contribution >= 4 is 28.9 Å². The van der Waals surface area contributed by atoms with Gasteiger partial charge in [0.25, 0.3) is 11.6 Å². The molecule has 0 atom stereocenters. The number of anilines is 1. The second-order valence-corrected chi connectivity index (χ2v) is 5.89. The van der Waals surface area contributed by atoms with E-state index in [0.717, 1.165) is 5.56 Å². The van der Waals surface area contributed by atoms with Crippen molar-refractivity contribution in [1.29, 1.82) is 0 Å². The summed E-state index contributed by atoms with van der Waals surface area (Å²) in [5.41, 5.74) is 1.14. The minimum atomic E-state index is -0.605. The summed E-state index contributed by atoms with van der Waals surface area (Å²) < 4.78 is 5.46. The Balaban J connectivity index is 1.98. The van der Waals surface area contributed by atoms with Crippen LogP contribution in [0.15, 0.2) is 42.5 Å². The van der Waals surface area contributed by atoms with Gasteiger partial charge in [0.15, 0.2) is 6.61 Å². The molecule has 24 heavy (non-hydrogen) atoms. The van der Waals surface area contributed by atoms with E-state index < -0.39 is 10.8 Å². The first-order valence-corrected chi connectivity index (χ1v) is 7.71. The van der Waals surface area contributed by atoms with Gasteiger partial charge in [0.05, 0.1) is 4.92 Å². The molecule has 0 saturated heterocycles. The largest absolute Gasteiger partial charge is 0.484 e. The minimum absolute atomic E-state index is 0.0137. The number of carbonyl (C=O) groups is 1. The Hall–Kier alpha value is -2.60. The van der Waals surface area contributed by atoms with E-state index in [1.807, 2.05) is 18.2 Å². The number of hydrogen-bond donors (Lipinski definition) is 1. The van der Waals surface area contributed by atoms with Gasteiger partial charge in [-0.2, -0.15) is 0 Å². The minimum Gasteiger partial charge on any atom is -0.484 e. The molecule has 0 unspecified atom stereocenters. The van der Waals surface area contributed by atoms with Crippen LogP contribution in [0.4, 0.5) is 11.4 Å². The number of nitrogens with one attached hydrogen (secondary N) is 1. The standard InChI is InChI=1S/C17H17ClN2O4/c1-11(2)12-4-3-5-14(8-12)24-10-17(21)19-13-6-7-15(18)16(9-13)20(22)23/h3-9,11H,10H2,1-2H3,(H,19,21). The Morgan fingerprint density at radius 1 is 1.29 bits per heavy atom. The maximum Gasteiger partial charge on any atom is 0.289 e. The van der Waals surface area contributed by atoms with Crippen molar-refractivity contribution in [2.75, 3.05) is 11.9 Å². The number of nitro groups is 1. The normalized spacial score (nSPS) is 10.5. The zero-order valence-electron chi connectivity index (χ0n) is 13.3. The summed E-state index contributed by atoms with van der Waals surface area (Å²) in [4.78, 5) is 22.2. The van der Waals surface area contributed by atoms with Crippen LogP contribution in [0.25, 0.3) is 0 Å². The molecule has 0 aliphatic carbocycles. The molecule has 2 aromatic carbocycles. The number of hydrogen-bond acceptors (Lipinski definition) is 4. The van der Waals surface area contributed by atoms with E-state index in [4.69, 9.17) is 16.3 Å². The van der Waals surface area contributed by atoms with Crippen LogP contribution in [-0.4, -0.2) is 17.4 Å². The van der Waals surface area contributed by atoms with Crippen molar-refractivity contribution in [3.05, 3.63) is 63.2 Å². The molecule has 0 spiro atoms. The van der Waals surface area contributed by atoms with E-state index in [2.05, 4.69) is 19.2 Å². The predicted molar refractivity (Wildman–Crippen MR) is 92.8 cm³/mol. The van der Waals surface area contributed by atoms with E-state index >= 15 is 0 Å². The lowest BCUT2D eigenvalue weighted by atomic mass is 10.0. The fourth-order valence-electron chi connectivity index (χ4n) is 2.04. The van der Waals surface area contributed by atoms with Crippen molar-refractivity contribution in [2.45, 2.75) is 19.8 Å². The second-order valence-electron chi connectivity index (χ2n) is 5.49. The second kappa shape index (κ2) is 7.79. The summed E-state index contributed by atoms with van der Waals surface area (Å²) in [7, 11) is 0. The molecule has 1 N–H and O–H groups in total. The molecule has 0 fully saturated rings. The number of amides is 1. The van der Waals surface area contributed by atoms with E-state index in [0.29, 0.717) is 11.7 Å². The zero-order valence-corrected chi connectivity index (χ0v) is 14.0. The fraction of sp³-hybridized carbons (Fsp3) is 0.235. The average molecular weight is 349 g/mol. The van der Waals surface area contributed by atoms with Crippen molar-refractivity contribution in [2.24, 2.45) is 0 Å². The lowest BCUT2D eigenvalue weighted by molar-refractivity contribution is -0.384. The molecule has 2 aromatic rings. The van der Waals surface area contributed by atoms with Crippen LogP contribution in [0, 0.1) is 10.1 Å². The van der Waals surface area contributed by atoms with Crippen LogP contribution in [0.1, 0.15) is 25.3 Å². The van der Waals surface area contributed by atoms with Gasteiger partial charge in [0.2, 0.25) is 0 Å². The monoisotopic (exact) mass is 348 g/mol. The molecule has 0 aliphatic heterocycles. The summed E-state index contributed by atoms with van der Waals surface area (Å²) in [5, 5.41) is 13.4. The third-order valence-corrected chi connectivity index (χ3v) is 3.64. The number of nitrogens with zero attached hydrogens (tertiary/aromatic N) is 1. The van der Waals surface area contributed by atoms with Gasteiger partial charge in [-0.15, -0.1) is 0 Å². The fourth-order valence-corrected chi connectivity index (χ4v) is 2.23. The van der Waals surface area contributed by atoms with Gasteiger partial charge in [0.1, 0.15) is 10.8 Å². The number of ether oxygens (including phenoxy) is 1. The number of carbonyl (C=O) groups excluding carboxylic acids is 1. The van der Waals surface area contributed by atoms with Gasteiger partial charge in [-0.25, -0.2) is 0 Å². The highest BCUT2D eigenvalue weighted by molar-refractivity contribution is 6.32. The van der Waals surface area contributed by atoms with Gasteiger partial charge in [0, 0.05) is 11.8 Å². The van der Waals surface area contributed by atoms with Crippen LogP contribution in [0.5, 0.6) is 5.75 Å². The maximum absolute atomic E-state index is 11.9. The first-order chi connectivity index (χ1) is 11.4. The topological polar surface area (TPSA) is 81.5 Å². The summed E-state index contributed by atoms with van der Waals surface area (Å²) in [5.74, 6) is 0.539. The molecule has 2 rings (SSSR count). The van der Waals surface area contributed by atoms with Crippen LogP contribution < -0.4 is 10.1 Å². The van der Waals surface area contributed by atoms with Crippen LogP contribution in [-0.2, 0) is 4.79 Å². The highest BCUT2D eigenvalue weighted by Gasteiger charge is 2.14. The molecule has 0 saturated carbocycles. The van der Waals surface area contributed by atoms with Gasteiger partial charge < -0.3 is 10.1 Å². The molecule has 0 heterocycles. The maximum atomic E-state index is 11.9. The number of nitro benzene ring substituents is 1.